The Balaban J connectivity index is 1.64. The molecule has 1 aliphatic heterocycles. The molecule has 0 saturated carbocycles. The molecule has 0 fully saturated rings. The molecule has 2 heterocycles. The lowest BCUT2D eigenvalue weighted by Crippen LogP contribution is -2.45. The number of rotatable bonds is 5. The first kappa shape index (κ1) is 24.2. The summed E-state index contributed by atoms with van der Waals surface area (Å²) in [7, 11) is 3.46. The minimum absolute atomic E-state index is 0.0142. The molecule has 8 nitrogen and oxygen atoms in total. The van der Waals surface area contributed by atoms with Crippen molar-refractivity contribution in [3.63, 3.8) is 0 Å². The molecule has 1 atom stereocenters. The fraction of sp³-hybridized carbons (Fsp3) is 0.280. The standard InChI is InChI=1S/C25H24ClFN6O2/c1-15(17-5-7-18(26)8-6-17)29-25-30-22-10-11-32(14-20(22)24(35)33(25)31(2)3)23(34)19-9-4-16(13-28)12-21(19)27/h4-9,12,15H,10-11,14H2,1-3H3,(H,29,30)/t15-/m0/s1. The van der Waals surface area contributed by atoms with E-state index in [1.54, 1.807) is 31.2 Å². The molecule has 35 heavy (non-hydrogen) atoms. The van der Waals surface area contributed by atoms with Crippen molar-refractivity contribution in [2.24, 2.45) is 0 Å². The van der Waals surface area contributed by atoms with Gasteiger partial charge in [-0.15, -0.1) is 0 Å². The topological polar surface area (TPSA) is 94.3 Å². The van der Waals surface area contributed by atoms with Gasteiger partial charge in [0.05, 0.1) is 41.0 Å². The second-order valence-electron chi connectivity index (χ2n) is 8.53. The molecule has 180 valence electrons. The van der Waals surface area contributed by atoms with E-state index in [0.29, 0.717) is 28.6 Å². The average Bonchev–Trinajstić information content (AvgIpc) is 2.83. The minimum Gasteiger partial charge on any atom is -0.348 e. The van der Waals surface area contributed by atoms with E-state index in [-0.39, 0.29) is 35.8 Å². The number of nitrogens with one attached hydrogen (secondary N) is 1. The predicted molar refractivity (Wildman–Crippen MR) is 132 cm³/mol. The summed E-state index contributed by atoms with van der Waals surface area (Å²) in [5.74, 6) is -0.912. The molecule has 0 aliphatic carbocycles. The largest absolute Gasteiger partial charge is 0.348 e. The molecule has 1 N–H and O–H groups in total. The predicted octanol–water partition coefficient (Wildman–Crippen LogP) is 3.48. The van der Waals surface area contributed by atoms with E-state index in [1.165, 1.54) is 21.7 Å². The Labute approximate surface area is 207 Å². The van der Waals surface area contributed by atoms with E-state index in [1.807, 2.05) is 25.1 Å². The molecule has 0 spiro atoms. The van der Waals surface area contributed by atoms with Crippen LogP contribution in [-0.4, -0.2) is 41.1 Å². The lowest BCUT2D eigenvalue weighted by atomic mass is 10.0. The van der Waals surface area contributed by atoms with Crippen molar-refractivity contribution < 1.29 is 9.18 Å². The maximum atomic E-state index is 14.4. The summed E-state index contributed by atoms with van der Waals surface area (Å²) in [6, 6.07) is 12.8. The smallest absolute Gasteiger partial charge is 0.278 e. The summed E-state index contributed by atoms with van der Waals surface area (Å²) < 4.78 is 15.8. The Bertz CT molecular complexity index is 1380. The van der Waals surface area contributed by atoms with E-state index in [2.05, 4.69) is 5.32 Å². The molecular formula is C25H24ClFN6O2. The molecular weight excluding hydrogens is 471 g/mol. The number of carbonyl (C=O) groups is 1. The van der Waals surface area contributed by atoms with Gasteiger partial charge in [0.2, 0.25) is 5.95 Å². The first-order valence-electron chi connectivity index (χ1n) is 11.0. The zero-order valence-corrected chi connectivity index (χ0v) is 20.3. The van der Waals surface area contributed by atoms with E-state index in [9.17, 15) is 14.0 Å². The Morgan fingerprint density at radius 2 is 1.97 bits per heavy atom. The van der Waals surface area contributed by atoms with Gasteiger partial charge in [-0.25, -0.2) is 9.37 Å². The molecule has 10 heteroatoms. The minimum atomic E-state index is -0.764. The highest BCUT2D eigenvalue weighted by molar-refractivity contribution is 6.30. The van der Waals surface area contributed by atoms with Crippen LogP contribution >= 0.6 is 11.6 Å². The maximum Gasteiger partial charge on any atom is 0.278 e. The second kappa shape index (κ2) is 9.76. The van der Waals surface area contributed by atoms with Crippen molar-refractivity contribution in [2.45, 2.75) is 25.9 Å². The average molecular weight is 495 g/mol. The number of carbonyl (C=O) groups excluding carboxylic acids is 1. The number of hydrogen-bond acceptors (Lipinski definition) is 6. The first-order chi connectivity index (χ1) is 16.7. The SMILES string of the molecule is C[C@H](Nc1nc2c(c(=O)n1N(C)C)CN(C(=O)c1ccc(C#N)cc1F)CC2)c1ccc(Cl)cc1. The zero-order chi connectivity index (χ0) is 25.3. The van der Waals surface area contributed by atoms with Crippen LogP contribution in [0.4, 0.5) is 10.3 Å². The van der Waals surface area contributed by atoms with Crippen molar-refractivity contribution in [2.75, 3.05) is 31.0 Å². The van der Waals surface area contributed by atoms with Crippen molar-refractivity contribution in [1.82, 2.24) is 14.6 Å². The van der Waals surface area contributed by atoms with E-state index in [4.69, 9.17) is 21.8 Å². The quantitative estimate of drug-likeness (QED) is 0.583. The Kier molecular flexibility index (Phi) is 6.76. The van der Waals surface area contributed by atoms with Crippen molar-refractivity contribution in [1.29, 1.82) is 5.26 Å². The van der Waals surface area contributed by atoms with Gasteiger partial charge in [-0.3, -0.25) is 9.59 Å². The highest BCUT2D eigenvalue weighted by Gasteiger charge is 2.29. The summed E-state index contributed by atoms with van der Waals surface area (Å²) >= 11 is 5.99. The van der Waals surface area contributed by atoms with Crippen molar-refractivity contribution in [3.8, 4) is 6.07 Å². The molecule has 0 unspecified atom stereocenters. The first-order valence-corrected chi connectivity index (χ1v) is 11.4. The van der Waals surface area contributed by atoms with Crippen LogP contribution in [0.25, 0.3) is 0 Å². The number of amides is 1. The number of halogens is 2. The Morgan fingerprint density at radius 1 is 1.26 bits per heavy atom. The van der Waals surface area contributed by atoms with Gasteiger partial charge in [0.1, 0.15) is 5.82 Å². The monoisotopic (exact) mass is 494 g/mol. The molecule has 1 aromatic heterocycles. The van der Waals surface area contributed by atoms with E-state index in [0.717, 1.165) is 11.6 Å². The summed E-state index contributed by atoms with van der Waals surface area (Å²) in [5.41, 5.74) is 1.66. The van der Waals surface area contributed by atoms with Crippen LogP contribution in [0.1, 0.15) is 45.7 Å². The van der Waals surface area contributed by atoms with Crippen LogP contribution in [0.15, 0.2) is 47.3 Å². The van der Waals surface area contributed by atoms with E-state index >= 15 is 0 Å². The summed E-state index contributed by atoms with van der Waals surface area (Å²) in [4.78, 5) is 32.6. The number of hydrogen-bond donors (Lipinski definition) is 1. The fourth-order valence-corrected chi connectivity index (χ4v) is 4.19. The number of fused-ring (bicyclic) bond motifs is 1. The number of benzene rings is 2. The highest BCUT2D eigenvalue weighted by atomic mass is 35.5. The van der Waals surface area contributed by atoms with Gasteiger partial charge in [0, 0.05) is 32.1 Å². The highest BCUT2D eigenvalue weighted by Crippen LogP contribution is 2.23. The number of anilines is 1. The van der Waals surface area contributed by atoms with Crippen LogP contribution in [0.3, 0.4) is 0 Å². The number of aromatic nitrogens is 2. The van der Waals surface area contributed by atoms with Crippen molar-refractivity contribution >= 4 is 23.5 Å². The molecule has 0 radical (unpaired) electrons. The summed E-state index contributed by atoms with van der Waals surface area (Å²) in [6.45, 7) is 2.26. The van der Waals surface area contributed by atoms with Gasteiger partial charge in [-0.05, 0) is 42.8 Å². The van der Waals surface area contributed by atoms with Crippen LogP contribution in [0, 0.1) is 17.1 Å². The number of nitriles is 1. The van der Waals surface area contributed by atoms with Crippen LogP contribution in [0.5, 0.6) is 0 Å². The van der Waals surface area contributed by atoms with E-state index < -0.39 is 11.7 Å². The molecule has 0 saturated heterocycles. The molecule has 1 aliphatic rings. The molecule has 2 aromatic carbocycles. The Morgan fingerprint density at radius 3 is 2.60 bits per heavy atom. The van der Waals surface area contributed by atoms with Crippen LogP contribution in [0.2, 0.25) is 5.02 Å². The van der Waals surface area contributed by atoms with Crippen LogP contribution < -0.4 is 15.9 Å². The third-order valence-corrected chi connectivity index (χ3v) is 6.19. The van der Waals surface area contributed by atoms with Gasteiger partial charge in [-0.2, -0.15) is 9.94 Å². The van der Waals surface area contributed by atoms with Gasteiger partial charge in [0.15, 0.2) is 0 Å². The fourth-order valence-electron chi connectivity index (χ4n) is 4.06. The van der Waals surface area contributed by atoms with Gasteiger partial charge < -0.3 is 15.2 Å². The van der Waals surface area contributed by atoms with Crippen LogP contribution in [-0.2, 0) is 13.0 Å². The third kappa shape index (κ3) is 4.84. The molecule has 3 aromatic rings. The van der Waals surface area contributed by atoms with Gasteiger partial charge in [0.25, 0.3) is 11.5 Å². The molecule has 1 amide bonds. The van der Waals surface area contributed by atoms with Crippen molar-refractivity contribution in [3.05, 3.63) is 91.6 Å². The Hall–Kier alpha value is -3.90. The lowest BCUT2D eigenvalue weighted by molar-refractivity contribution is 0.0727. The third-order valence-electron chi connectivity index (χ3n) is 5.94. The number of nitrogens with zero attached hydrogens (tertiary/aromatic N) is 5. The second-order valence-corrected chi connectivity index (χ2v) is 8.96. The lowest BCUT2D eigenvalue weighted by Gasteiger charge is -2.31. The summed E-state index contributed by atoms with van der Waals surface area (Å²) in [5, 5.41) is 14.5. The normalized spacial score (nSPS) is 13.5. The van der Waals surface area contributed by atoms with Gasteiger partial charge >= 0.3 is 0 Å². The maximum absolute atomic E-state index is 14.4. The van der Waals surface area contributed by atoms with Gasteiger partial charge in [-0.1, -0.05) is 23.7 Å². The molecule has 0 bridgehead atoms. The molecule has 4 rings (SSSR count). The summed E-state index contributed by atoms with van der Waals surface area (Å²) in [6.07, 6.45) is 0.354. The zero-order valence-electron chi connectivity index (χ0n) is 19.5.